The average molecular weight is 405 g/mol. The van der Waals surface area contributed by atoms with Crippen LogP contribution in [-0.4, -0.2) is 4.98 Å². The zero-order chi connectivity index (χ0) is 16.7. The quantitative estimate of drug-likeness (QED) is 0.447. The summed E-state index contributed by atoms with van der Waals surface area (Å²) in [7, 11) is 0. The number of aromatic nitrogens is 1. The summed E-state index contributed by atoms with van der Waals surface area (Å²) in [5.41, 5.74) is 7.80. The van der Waals surface area contributed by atoms with Crippen molar-refractivity contribution in [2.45, 2.75) is 0 Å². The summed E-state index contributed by atoms with van der Waals surface area (Å²) < 4.78 is 15.3. The predicted octanol–water partition coefficient (Wildman–Crippen LogP) is 4.85. The van der Waals surface area contributed by atoms with Crippen molar-refractivity contribution in [2.75, 3.05) is 5.73 Å². The predicted molar refractivity (Wildman–Crippen MR) is 93.9 cm³/mol. The van der Waals surface area contributed by atoms with Crippen LogP contribution in [0.3, 0.4) is 0 Å². The van der Waals surface area contributed by atoms with Crippen LogP contribution in [0.1, 0.15) is 11.1 Å². The molecular formula is C15H6BrFN4S2. The van der Waals surface area contributed by atoms with E-state index in [1.807, 2.05) is 12.1 Å². The molecule has 3 N–H and O–H groups in total. The van der Waals surface area contributed by atoms with Crippen LogP contribution in [0.15, 0.2) is 22.7 Å². The lowest BCUT2D eigenvalue weighted by molar-refractivity contribution is 0.621. The Bertz CT molecular complexity index is 1100. The average Bonchev–Trinajstić information content (AvgIpc) is 2.90. The molecule has 3 aromatic rings. The highest BCUT2D eigenvalue weighted by molar-refractivity contribution is 9.10. The van der Waals surface area contributed by atoms with Crippen LogP contribution in [0, 0.1) is 32.4 Å². The molecule has 4 nitrogen and oxygen atoms in total. The maximum atomic E-state index is 13.9. The van der Waals surface area contributed by atoms with E-state index in [1.54, 1.807) is 12.1 Å². The molecule has 0 saturated heterocycles. The molecule has 1 aromatic heterocycles. The van der Waals surface area contributed by atoms with Gasteiger partial charge in [-0.3, -0.25) is 0 Å². The van der Waals surface area contributed by atoms with E-state index in [9.17, 15) is 14.9 Å². The minimum atomic E-state index is -0.457. The number of aromatic amines is 1. The number of anilines is 1. The van der Waals surface area contributed by atoms with Crippen molar-refractivity contribution in [1.29, 1.82) is 10.5 Å². The summed E-state index contributed by atoms with van der Waals surface area (Å²) in [4.78, 5) is 2.92. The number of nitrogens with two attached hydrogens (primary N) is 1. The summed E-state index contributed by atoms with van der Waals surface area (Å²) in [6, 6.07) is 8.56. The number of hydrogen-bond donors (Lipinski definition) is 2. The molecule has 0 unspecified atom stereocenters. The fourth-order valence-electron chi connectivity index (χ4n) is 2.35. The van der Waals surface area contributed by atoms with E-state index < -0.39 is 5.82 Å². The molecule has 23 heavy (non-hydrogen) atoms. The van der Waals surface area contributed by atoms with E-state index in [0.717, 1.165) is 0 Å². The van der Waals surface area contributed by atoms with Crippen molar-refractivity contribution in [3.8, 4) is 23.3 Å². The van der Waals surface area contributed by atoms with Gasteiger partial charge in [0.25, 0.3) is 0 Å². The first-order valence-electron chi connectivity index (χ1n) is 6.21. The summed E-state index contributed by atoms with van der Waals surface area (Å²) in [6.07, 6.45) is 0. The van der Waals surface area contributed by atoms with Gasteiger partial charge in [-0.25, -0.2) is 4.39 Å². The van der Waals surface area contributed by atoms with E-state index in [-0.39, 0.29) is 16.8 Å². The highest BCUT2D eigenvalue weighted by atomic mass is 79.9. The Labute approximate surface area is 147 Å². The summed E-state index contributed by atoms with van der Waals surface area (Å²) >= 11 is 9.47. The molecule has 1 heterocycles. The maximum absolute atomic E-state index is 13.9. The van der Waals surface area contributed by atoms with Crippen LogP contribution < -0.4 is 5.73 Å². The number of hydrogen-bond acceptors (Lipinski definition) is 5. The van der Waals surface area contributed by atoms with Gasteiger partial charge in [0.05, 0.1) is 25.9 Å². The Morgan fingerprint density at radius 2 is 1.96 bits per heavy atom. The van der Waals surface area contributed by atoms with Crippen molar-refractivity contribution in [3.63, 3.8) is 0 Å². The molecule has 0 aliphatic heterocycles. The second kappa shape index (κ2) is 5.74. The first-order valence-corrected chi connectivity index (χ1v) is 8.23. The number of rotatable bonds is 1. The molecule has 112 valence electrons. The van der Waals surface area contributed by atoms with Gasteiger partial charge in [0.1, 0.15) is 23.5 Å². The monoisotopic (exact) mass is 404 g/mol. The van der Waals surface area contributed by atoms with Gasteiger partial charge >= 0.3 is 0 Å². The number of H-pyrrole nitrogens is 1. The SMILES string of the molecule is N#Cc1c(N)c(C#N)c2[nH]c(=S)sc2c1-c1ccc(Br)c(F)c1. The maximum Gasteiger partial charge on any atom is 0.159 e. The lowest BCUT2D eigenvalue weighted by Crippen LogP contribution is -1.99. The van der Waals surface area contributed by atoms with Crippen LogP contribution in [0.2, 0.25) is 0 Å². The molecular weight excluding hydrogens is 399 g/mol. The highest BCUT2D eigenvalue weighted by Gasteiger charge is 2.21. The van der Waals surface area contributed by atoms with Gasteiger partial charge in [-0.2, -0.15) is 10.5 Å². The number of nitriles is 2. The van der Waals surface area contributed by atoms with Gasteiger partial charge in [0, 0.05) is 5.56 Å². The van der Waals surface area contributed by atoms with E-state index in [0.29, 0.717) is 29.8 Å². The Morgan fingerprint density at radius 1 is 1.26 bits per heavy atom. The van der Waals surface area contributed by atoms with Crippen molar-refractivity contribution >= 4 is 55.4 Å². The van der Waals surface area contributed by atoms with Gasteiger partial charge in [0.2, 0.25) is 0 Å². The normalized spacial score (nSPS) is 10.4. The molecule has 0 aliphatic rings. The minimum Gasteiger partial charge on any atom is -0.396 e. The second-order valence-corrected chi connectivity index (χ2v) is 7.15. The van der Waals surface area contributed by atoms with Gasteiger partial charge in [-0.1, -0.05) is 6.07 Å². The van der Waals surface area contributed by atoms with Gasteiger partial charge in [0.15, 0.2) is 3.95 Å². The van der Waals surface area contributed by atoms with E-state index in [2.05, 4.69) is 20.9 Å². The molecule has 0 saturated carbocycles. The number of fused-ring (bicyclic) bond motifs is 1. The largest absolute Gasteiger partial charge is 0.396 e. The third-order valence-corrected chi connectivity index (χ3v) is 5.24. The van der Waals surface area contributed by atoms with Crippen LogP contribution in [-0.2, 0) is 0 Å². The summed E-state index contributed by atoms with van der Waals surface area (Å²) in [6.45, 7) is 0. The second-order valence-electron chi connectivity index (χ2n) is 4.61. The third kappa shape index (κ3) is 2.41. The van der Waals surface area contributed by atoms with E-state index in [1.165, 1.54) is 17.4 Å². The standard InChI is InChI=1S/C15H6BrFN4S2/c16-9-2-1-6(3-10(9)17)11-7(4-18)12(20)8(5-19)13-14(11)23-15(22)21-13/h1-3H,20H2,(H,21,22). The molecule has 2 aromatic carbocycles. The zero-order valence-electron chi connectivity index (χ0n) is 11.3. The molecule has 0 spiro atoms. The van der Waals surface area contributed by atoms with Crippen LogP contribution >= 0.6 is 39.5 Å². The van der Waals surface area contributed by atoms with Crippen LogP contribution in [0.5, 0.6) is 0 Å². The van der Waals surface area contributed by atoms with Gasteiger partial charge in [-0.05, 0) is 45.8 Å². The van der Waals surface area contributed by atoms with Crippen molar-refractivity contribution in [1.82, 2.24) is 4.98 Å². The first kappa shape index (κ1) is 15.6. The highest BCUT2D eigenvalue weighted by Crippen LogP contribution is 2.41. The molecule has 0 aliphatic carbocycles. The fraction of sp³-hybridized carbons (Fsp3) is 0. The Hall–Kier alpha value is -2.26. The third-order valence-electron chi connectivity index (χ3n) is 3.35. The van der Waals surface area contributed by atoms with Crippen molar-refractivity contribution in [2.24, 2.45) is 0 Å². The Kier molecular flexibility index (Phi) is 3.90. The minimum absolute atomic E-state index is 0.0601. The first-order chi connectivity index (χ1) is 11.0. The zero-order valence-corrected chi connectivity index (χ0v) is 14.5. The molecule has 0 bridgehead atoms. The smallest absolute Gasteiger partial charge is 0.159 e. The number of nitrogens with one attached hydrogen (secondary N) is 1. The molecule has 0 radical (unpaired) electrons. The van der Waals surface area contributed by atoms with Gasteiger partial charge in [-0.15, -0.1) is 11.3 Å². The molecule has 3 rings (SSSR count). The lowest BCUT2D eigenvalue weighted by atomic mass is 9.95. The van der Waals surface area contributed by atoms with Crippen molar-refractivity contribution < 1.29 is 4.39 Å². The molecule has 8 heteroatoms. The van der Waals surface area contributed by atoms with Crippen LogP contribution in [0.4, 0.5) is 10.1 Å². The summed E-state index contributed by atoms with van der Waals surface area (Å²) in [5.74, 6) is -0.457. The van der Waals surface area contributed by atoms with Crippen molar-refractivity contribution in [3.05, 3.63) is 43.6 Å². The number of halogens is 2. The topological polar surface area (TPSA) is 89.4 Å². The van der Waals surface area contributed by atoms with Crippen LogP contribution in [0.25, 0.3) is 21.3 Å². The Balaban J connectivity index is 2.54. The lowest BCUT2D eigenvalue weighted by Gasteiger charge is -2.11. The fourth-order valence-corrected chi connectivity index (χ4v) is 3.86. The number of benzene rings is 2. The number of nitrogen functional groups attached to an aromatic ring is 1. The Morgan fingerprint density at radius 3 is 2.57 bits per heavy atom. The van der Waals surface area contributed by atoms with Gasteiger partial charge < -0.3 is 10.7 Å². The van der Waals surface area contributed by atoms with E-state index >= 15 is 0 Å². The molecule has 0 amide bonds. The number of nitrogens with zero attached hydrogens (tertiary/aromatic N) is 2. The molecule has 0 atom stereocenters. The number of thiazole rings is 1. The molecule has 0 fully saturated rings. The van der Waals surface area contributed by atoms with E-state index in [4.69, 9.17) is 18.0 Å². The summed E-state index contributed by atoms with van der Waals surface area (Å²) in [5, 5.41) is 18.8.